The van der Waals surface area contributed by atoms with Crippen LogP contribution in [0.2, 0.25) is 0 Å². The second kappa shape index (κ2) is 9.51. The molecule has 1 aliphatic carbocycles. The van der Waals surface area contributed by atoms with Gasteiger partial charge in [0, 0.05) is 38.9 Å². The number of amides is 1. The zero-order valence-corrected chi connectivity index (χ0v) is 16.3. The van der Waals surface area contributed by atoms with E-state index in [2.05, 4.69) is 0 Å². The van der Waals surface area contributed by atoms with Crippen molar-refractivity contribution in [2.45, 2.75) is 63.6 Å². The lowest BCUT2D eigenvalue weighted by molar-refractivity contribution is -0.149. The molecule has 1 saturated heterocycles. The molecule has 2 atom stereocenters. The van der Waals surface area contributed by atoms with E-state index in [1.165, 1.54) is 12.1 Å². The SMILES string of the molecule is COCCCOc1cc(F)cc([C@H](C)N(C(=O)[C@H]2CCCCO2)C2CC2)c1. The second-order valence-corrected chi connectivity index (χ2v) is 7.42. The molecule has 3 rings (SSSR count). The van der Waals surface area contributed by atoms with E-state index in [-0.39, 0.29) is 29.9 Å². The van der Waals surface area contributed by atoms with Gasteiger partial charge in [0.1, 0.15) is 17.7 Å². The first-order valence-electron chi connectivity index (χ1n) is 9.96. The van der Waals surface area contributed by atoms with Gasteiger partial charge in [0.25, 0.3) is 5.91 Å². The summed E-state index contributed by atoms with van der Waals surface area (Å²) < 4.78 is 30.5. The van der Waals surface area contributed by atoms with Crippen LogP contribution in [0.1, 0.15) is 57.1 Å². The van der Waals surface area contributed by atoms with Gasteiger partial charge in [-0.25, -0.2) is 4.39 Å². The molecule has 1 heterocycles. The van der Waals surface area contributed by atoms with E-state index in [4.69, 9.17) is 14.2 Å². The third kappa shape index (κ3) is 5.42. The summed E-state index contributed by atoms with van der Waals surface area (Å²) in [6, 6.07) is 4.73. The number of nitrogens with zero attached hydrogens (tertiary/aromatic N) is 1. The van der Waals surface area contributed by atoms with E-state index in [1.54, 1.807) is 7.11 Å². The van der Waals surface area contributed by atoms with Crippen LogP contribution < -0.4 is 4.74 Å². The third-order valence-corrected chi connectivity index (χ3v) is 5.20. The predicted molar refractivity (Wildman–Crippen MR) is 100 cm³/mol. The molecule has 5 nitrogen and oxygen atoms in total. The molecule has 0 spiro atoms. The van der Waals surface area contributed by atoms with Crippen molar-refractivity contribution in [1.82, 2.24) is 4.90 Å². The van der Waals surface area contributed by atoms with Gasteiger partial charge in [-0.3, -0.25) is 4.79 Å². The highest BCUT2D eigenvalue weighted by Crippen LogP contribution is 2.37. The molecule has 0 unspecified atom stereocenters. The van der Waals surface area contributed by atoms with Gasteiger partial charge >= 0.3 is 0 Å². The van der Waals surface area contributed by atoms with E-state index in [9.17, 15) is 9.18 Å². The Morgan fingerprint density at radius 1 is 1.26 bits per heavy atom. The lowest BCUT2D eigenvalue weighted by Gasteiger charge is -2.34. The van der Waals surface area contributed by atoms with Gasteiger partial charge in [0.05, 0.1) is 12.6 Å². The van der Waals surface area contributed by atoms with E-state index >= 15 is 0 Å². The molecule has 1 saturated carbocycles. The largest absolute Gasteiger partial charge is 0.493 e. The number of methoxy groups -OCH3 is 1. The molecule has 2 fully saturated rings. The van der Waals surface area contributed by atoms with Crippen molar-refractivity contribution < 1.29 is 23.4 Å². The number of hydrogen-bond acceptors (Lipinski definition) is 4. The quantitative estimate of drug-likeness (QED) is 0.611. The number of carbonyl (C=O) groups excluding carboxylic acids is 1. The molecule has 0 N–H and O–H groups in total. The Balaban J connectivity index is 1.72. The van der Waals surface area contributed by atoms with Crippen LogP contribution in [0.25, 0.3) is 0 Å². The van der Waals surface area contributed by atoms with Crippen LogP contribution in [-0.2, 0) is 14.3 Å². The first kappa shape index (κ1) is 20.1. The summed E-state index contributed by atoms with van der Waals surface area (Å²) in [7, 11) is 1.64. The van der Waals surface area contributed by atoms with Crippen LogP contribution in [0.15, 0.2) is 18.2 Å². The van der Waals surface area contributed by atoms with E-state index < -0.39 is 0 Å². The van der Waals surface area contributed by atoms with Crippen LogP contribution >= 0.6 is 0 Å². The van der Waals surface area contributed by atoms with Crippen LogP contribution in [0.4, 0.5) is 4.39 Å². The van der Waals surface area contributed by atoms with Crippen molar-refractivity contribution in [2.75, 3.05) is 26.9 Å². The second-order valence-electron chi connectivity index (χ2n) is 7.42. The summed E-state index contributed by atoms with van der Waals surface area (Å²) in [6.07, 6.45) is 5.17. The number of benzene rings is 1. The summed E-state index contributed by atoms with van der Waals surface area (Å²) >= 11 is 0. The average molecular weight is 379 g/mol. The Morgan fingerprint density at radius 2 is 2.07 bits per heavy atom. The van der Waals surface area contributed by atoms with Gasteiger partial charge < -0.3 is 19.1 Å². The molecular formula is C21H30FNO4. The highest BCUT2D eigenvalue weighted by molar-refractivity contribution is 5.82. The van der Waals surface area contributed by atoms with E-state index in [0.717, 1.165) is 44.1 Å². The number of carbonyl (C=O) groups is 1. The minimum Gasteiger partial charge on any atom is -0.493 e. The molecule has 1 aromatic rings. The van der Waals surface area contributed by atoms with E-state index in [0.29, 0.717) is 25.6 Å². The van der Waals surface area contributed by atoms with Crippen molar-refractivity contribution in [1.29, 1.82) is 0 Å². The smallest absolute Gasteiger partial charge is 0.252 e. The van der Waals surface area contributed by atoms with Gasteiger partial charge in [-0.05, 0) is 56.7 Å². The predicted octanol–water partition coefficient (Wildman–Crippen LogP) is 3.86. The highest BCUT2D eigenvalue weighted by atomic mass is 19.1. The van der Waals surface area contributed by atoms with Crippen molar-refractivity contribution in [3.05, 3.63) is 29.6 Å². The van der Waals surface area contributed by atoms with Crippen molar-refractivity contribution >= 4 is 5.91 Å². The Labute approximate surface area is 160 Å². The van der Waals surface area contributed by atoms with Gasteiger partial charge in [0.2, 0.25) is 0 Å². The van der Waals surface area contributed by atoms with Crippen LogP contribution in [-0.4, -0.2) is 49.9 Å². The minimum atomic E-state index is -0.361. The highest BCUT2D eigenvalue weighted by Gasteiger charge is 2.40. The summed E-state index contributed by atoms with van der Waals surface area (Å²) in [5.74, 6) is 0.180. The molecule has 2 aliphatic rings. The van der Waals surface area contributed by atoms with Crippen molar-refractivity contribution in [3.8, 4) is 5.75 Å². The van der Waals surface area contributed by atoms with Gasteiger partial charge in [-0.2, -0.15) is 0 Å². The third-order valence-electron chi connectivity index (χ3n) is 5.20. The minimum absolute atomic E-state index is 0.0384. The van der Waals surface area contributed by atoms with E-state index in [1.807, 2.05) is 17.9 Å². The Morgan fingerprint density at radius 3 is 2.74 bits per heavy atom. The Kier molecular flexibility index (Phi) is 7.07. The number of halogens is 1. The van der Waals surface area contributed by atoms with Crippen molar-refractivity contribution in [3.63, 3.8) is 0 Å². The molecule has 0 radical (unpaired) electrons. The molecule has 1 aromatic carbocycles. The summed E-state index contributed by atoms with van der Waals surface area (Å²) in [4.78, 5) is 15.0. The fraction of sp³-hybridized carbons (Fsp3) is 0.667. The Bertz CT molecular complexity index is 629. The molecule has 0 bridgehead atoms. The number of hydrogen-bond donors (Lipinski definition) is 0. The van der Waals surface area contributed by atoms with Crippen molar-refractivity contribution in [2.24, 2.45) is 0 Å². The first-order chi connectivity index (χ1) is 13.1. The van der Waals surface area contributed by atoms with Crippen LogP contribution in [0.5, 0.6) is 5.75 Å². The molecule has 150 valence electrons. The number of ether oxygens (including phenoxy) is 3. The standard InChI is InChI=1S/C21H30FNO4/c1-15(16-12-17(22)14-19(13-16)26-11-5-9-25-2)23(18-7-8-18)21(24)20-6-3-4-10-27-20/h12-15,18,20H,3-11H2,1-2H3/t15-,20+/m0/s1. The summed E-state index contributed by atoms with van der Waals surface area (Å²) in [6.45, 7) is 3.67. The van der Waals surface area contributed by atoms with Gasteiger partial charge in [-0.1, -0.05) is 0 Å². The molecule has 1 aliphatic heterocycles. The zero-order valence-electron chi connectivity index (χ0n) is 16.3. The fourth-order valence-corrected chi connectivity index (χ4v) is 3.60. The molecule has 0 aromatic heterocycles. The normalized spacial score (nSPS) is 20.9. The summed E-state index contributed by atoms with van der Waals surface area (Å²) in [5.41, 5.74) is 0.757. The Hall–Kier alpha value is -1.66. The van der Waals surface area contributed by atoms with Crippen LogP contribution in [0.3, 0.4) is 0 Å². The maximum Gasteiger partial charge on any atom is 0.252 e. The topological polar surface area (TPSA) is 48.0 Å². The fourth-order valence-electron chi connectivity index (χ4n) is 3.60. The van der Waals surface area contributed by atoms with Gasteiger partial charge in [-0.15, -0.1) is 0 Å². The van der Waals surface area contributed by atoms with Gasteiger partial charge in [0.15, 0.2) is 0 Å². The molecule has 1 amide bonds. The lowest BCUT2D eigenvalue weighted by atomic mass is 10.0. The number of rotatable bonds is 9. The average Bonchev–Trinajstić information content (AvgIpc) is 3.50. The summed E-state index contributed by atoms with van der Waals surface area (Å²) in [5, 5.41) is 0. The maximum absolute atomic E-state index is 14.2. The molecule has 6 heteroatoms. The zero-order chi connectivity index (χ0) is 19.2. The monoisotopic (exact) mass is 379 g/mol. The van der Waals surface area contributed by atoms with Crippen LogP contribution in [0, 0.1) is 5.82 Å². The maximum atomic E-state index is 14.2. The molecular weight excluding hydrogens is 349 g/mol. The lowest BCUT2D eigenvalue weighted by Crippen LogP contribution is -2.44. The first-order valence-corrected chi connectivity index (χ1v) is 9.96. The molecule has 27 heavy (non-hydrogen) atoms.